The Kier molecular flexibility index (Phi) is 5.10. The molecule has 2 rings (SSSR count). The lowest BCUT2D eigenvalue weighted by molar-refractivity contribution is 0.601. The van der Waals surface area contributed by atoms with Crippen LogP contribution in [0.5, 0.6) is 0 Å². The Morgan fingerprint density at radius 1 is 1.15 bits per heavy atom. The first-order chi connectivity index (χ1) is 9.52. The molecule has 0 saturated heterocycles. The smallest absolute Gasteiger partial charge is 0.126 e. The maximum atomic E-state index is 13.4. The summed E-state index contributed by atoms with van der Waals surface area (Å²) in [5.74, 6) is -0.457. The molecule has 0 amide bonds. The summed E-state index contributed by atoms with van der Waals surface area (Å²) >= 11 is 2.13. The molecule has 0 radical (unpaired) electrons. The van der Waals surface area contributed by atoms with Crippen LogP contribution in [0.3, 0.4) is 0 Å². The van der Waals surface area contributed by atoms with E-state index in [0.717, 1.165) is 21.2 Å². The Morgan fingerprint density at radius 3 is 2.50 bits per heavy atom. The molecule has 1 nitrogen and oxygen atoms in total. The molecule has 1 N–H and O–H groups in total. The molecular formula is C16H16F2IN. The molecule has 4 heteroatoms. The van der Waals surface area contributed by atoms with Crippen molar-refractivity contribution in [1.29, 1.82) is 0 Å². The van der Waals surface area contributed by atoms with E-state index in [4.69, 9.17) is 0 Å². The van der Waals surface area contributed by atoms with E-state index in [1.54, 1.807) is 19.1 Å². The summed E-state index contributed by atoms with van der Waals surface area (Å²) < 4.78 is 27.5. The molecule has 0 aliphatic carbocycles. The minimum Gasteiger partial charge on any atom is -0.306 e. The molecule has 2 aromatic carbocycles. The number of hydrogen-bond acceptors (Lipinski definition) is 1. The van der Waals surface area contributed by atoms with Crippen molar-refractivity contribution in [3.8, 4) is 0 Å². The van der Waals surface area contributed by atoms with Crippen LogP contribution in [0.1, 0.15) is 29.7 Å². The van der Waals surface area contributed by atoms with Gasteiger partial charge in [0.15, 0.2) is 0 Å². The zero-order valence-corrected chi connectivity index (χ0v) is 13.5. The van der Waals surface area contributed by atoms with Crippen molar-refractivity contribution < 1.29 is 8.78 Å². The first-order valence-corrected chi connectivity index (χ1v) is 7.55. The molecule has 106 valence electrons. The second-order valence-corrected chi connectivity index (χ2v) is 5.83. The molecule has 0 spiro atoms. The second kappa shape index (κ2) is 6.63. The summed E-state index contributed by atoms with van der Waals surface area (Å²) in [6, 6.07) is 9.77. The standard InChI is InChI=1S/C16H16F2IN/c1-3-20-16(11-4-7-14(18)10(2)8-11)13-6-5-12(17)9-15(13)19/h4-9,16,20H,3H2,1-2H3. The predicted octanol–water partition coefficient (Wildman–Crippen LogP) is 4.58. The third kappa shape index (κ3) is 3.35. The highest BCUT2D eigenvalue weighted by Crippen LogP contribution is 2.28. The molecule has 20 heavy (non-hydrogen) atoms. The Balaban J connectivity index is 2.47. The van der Waals surface area contributed by atoms with Crippen LogP contribution < -0.4 is 5.32 Å². The van der Waals surface area contributed by atoms with Crippen molar-refractivity contribution in [2.75, 3.05) is 6.54 Å². The van der Waals surface area contributed by atoms with Crippen LogP contribution in [0.4, 0.5) is 8.78 Å². The quantitative estimate of drug-likeness (QED) is 0.758. The first kappa shape index (κ1) is 15.4. The maximum absolute atomic E-state index is 13.4. The summed E-state index contributed by atoms with van der Waals surface area (Å²) in [7, 11) is 0. The largest absolute Gasteiger partial charge is 0.306 e. The maximum Gasteiger partial charge on any atom is 0.126 e. The third-order valence-electron chi connectivity index (χ3n) is 3.20. The molecule has 0 heterocycles. The van der Waals surface area contributed by atoms with Gasteiger partial charge in [-0.2, -0.15) is 0 Å². The van der Waals surface area contributed by atoms with E-state index in [-0.39, 0.29) is 17.7 Å². The predicted molar refractivity (Wildman–Crippen MR) is 85.8 cm³/mol. The van der Waals surface area contributed by atoms with Crippen molar-refractivity contribution in [2.45, 2.75) is 19.9 Å². The Labute approximate surface area is 131 Å². The van der Waals surface area contributed by atoms with Gasteiger partial charge in [0.25, 0.3) is 0 Å². The van der Waals surface area contributed by atoms with Crippen molar-refractivity contribution in [3.05, 3.63) is 68.3 Å². The summed E-state index contributed by atoms with van der Waals surface area (Å²) in [6.07, 6.45) is 0. The molecule has 1 unspecified atom stereocenters. The summed E-state index contributed by atoms with van der Waals surface area (Å²) in [5, 5.41) is 3.37. The highest BCUT2D eigenvalue weighted by molar-refractivity contribution is 14.1. The summed E-state index contributed by atoms with van der Waals surface area (Å²) in [6.45, 7) is 4.53. The number of hydrogen-bond donors (Lipinski definition) is 1. The monoisotopic (exact) mass is 387 g/mol. The lowest BCUT2D eigenvalue weighted by Crippen LogP contribution is -2.23. The number of benzene rings is 2. The first-order valence-electron chi connectivity index (χ1n) is 6.47. The summed E-state index contributed by atoms with van der Waals surface area (Å²) in [4.78, 5) is 0. The van der Waals surface area contributed by atoms with Gasteiger partial charge in [-0.25, -0.2) is 8.78 Å². The van der Waals surface area contributed by atoms with Gasteiger partial charge >= 0.3 is 0 Å². The Morgan fingerprint density at radius 2 is 1.90 bits per heavy atom. The summed E-state index contributed by atoms with van der Waals surface area (Å²) in [5.41, 5.74) is 2.60. The normalized spacial score (nSPS) is 12.4. The highest BCUT2D eigenvalue weighted by Gasteiger charge is 2.17. The van der Waals surface area contributed by atoms with Crippen LogP contribution >= 0.6 is 22.6 Å². The lowest BCUT2D eigenvalue weighted by Gasteiger charge is -2.21. The number of aryl methyl sites for hydroxylation is 1. The van der Waals surface area contributed by atoms with Gasteiger partial charge in [0.1, 0.15) is 11.6 Å². The van der Waals surface area contributed by atoms with E-state index in [1.807, 2.05) is 13.0 Å². The van der Waals surface area contributed by atoms with Crippen LogP contribution in [-0.2, 0) is 0 Å². The van der Waals surface area contributed by atoms with Crippen molar-refractivity contribution in [3.63, 3.8) is 0 Å². The fourth-order valence-corrected chi connectivity index (χ4v) is 2.98. The van der Waals surface area contributed by atoms with Crippen LogP contribution in [0.15, 0.2) is 36.4 Å². The van der Waals surface area contributed by atoms with E-state index < -0.39 is 0 Å². The third-order valence-corrected chi connectivity index (χ3v) is 4.13. The van der Waals surface area contributed by atoms with E-state index in [0.29, 0.717) is 5.56 Å². The minimum atomic E-state index is -0.247. The number of halogens is 3. The lowest BCUT2D eigenvalue weighted by atomic mass is 9.97. The average Bonchev–Trinajstić information content (AvgIpc) is 2.40. The average molecular weight is 387 g/mol. The SMILES string of the molecule is CCNC(c1ccc(F)c(C)c1)c1ccc(F)cc1I. The highest BCUT2D eigenvalue weighted by atomic mass is 127. The fraction of sp³-hybridized carbons (Fsp3) is 0.250. The zero-order chi connectivity index (χ0) is 14.7. The van der Waals surface area contributed by atoms with Gasteiger partial charge in [0.2, 0.25) is 0 Å². The molecule has 1 atom stereocenters. The molecule has 0 aromatic heterocycles. The van der Waals surface area contributed by atoms with Crippen molar-refractivity contribution in [1.82, 2.24) is 5.32 Å². The van der Waals surface area contributed by atoms with Gasteiger partial charge in [-0.3, -0.25) is 0 Å². The number of nitrogens with one attached hydrogen (secondary N) is 1. The molecule has 0 saturated carbocycles. The molecule has 0 aliphatic rings. The van der Waals surface area contributed by atoms with Crippen LogP contribution in [-0.4, -0.2) is 6.54 Å². The van der Waals surface area contributed by atoms with Gasteiger partial charge < -0.3 is 5.32 Å². The van der Waals surface area contributed by atoms with Crippen molar-refractivity contribution in [2.24, 2.45) is 0 Å². The molecular weight excluding hydrogens is 371 g/mol. The fourth-order valence-electron chi connectivity index (χ4n) is 2.19. The topological polar surface area (TPSA) is 12.0 Å². The van der Waals surface area contributed by atoms with Gasteiger partial charge in [-0.05, 0) is 70.9 Å². The molecule has 0 aliphatic heterocycles. The molecule has 2 aromatic rings. The van der Waals surface area contributed by atoms with E-state index in [9.17, 15) is 8.78 Å². The van der Waals surface area contributed by atoms with Crippen LogP contribution in [0.2, 0.25) is 0 Å². The van der Waals surface area contributed by atoms with Gasteiger partial charge in [-0.15, -0.1) is 0 Å². The Hall–Kier alpha value is -1.01. The van der Waals surface area contributed by atoms with Crippen molar-refractivity contribution >= 4 is 22.6 Å². The second-order valence-electron chi connectivity index (χ2n) is 4.67. The molecule has 0 fully saturated rings. The van der Waals surface area contributed by atoms with Crippen LogP contribution in [0, 0.1) is 22.1 Å². The van der Waals surface area contributed by atoms with Gasteiger partial charge in [0, 0.05) is 3.57 Å². The van der Waals surface area contributed by atoms with Gasteiger partial charge in [0.05, 0.1) is 6.04 Å². The minimum absolute atomic E-state index is 0.0631. The van der Waals surface area contributed by atoms with Gasteiger partial charge in [-0.1, -0.05) is 25.1 Å². The van der Waals surface area contributed by atoms with E-state index in [2.05, 4.69) is 27.9 Å². The molecule has 0 bridgehead atoms. The van der Waals surface area contributed by atoms with E-state index >= 15 is 0 Å². The zero-order valence-electron chi connectivity index (χ0n) is 11.4. The van der Waals surface area contributed by atoms with Crippen LogP contribution in [0.25, 0.3) is 0 Å². The Bertz CT molecular complexity index is 613. The number of rotatable bonds is 4. The van der Waals surface area contributed by atoms with E-state index in [1.165, 1.54) is 18.2 Å².